The van der Waals surface area contributed by atoms with Crippen LogP contribution in [0.2, 0.25) is 0 Å². The fraction of sp³-hybridized carbons (Fsp3) is 0.917. The molecular formula is C12H24N2O3S. The van der Waals surface area contributed by atoms with Crippen molar-refractivity contribution < 1.29 is 13.2 Å². The van der Waals surface area contributed by atoms with Gasteiger partial charge in [0.2, 0.25) is 5.91 Å². The maximum atomic E-state index is 11.8. The molecule has 0 saturated carbocycles. The molecule has 18 heavy (non-hydrogen) atoms. The number of carbonyl (C=O) groups is 1. The number of hydrogen-bond donors (Lipinski definition) is 1. The lowest BCUT2D eigenvalue weighted by Gasteiger charge is -2.28. The van der Waals surface area contributed by atoms with E-state index < -0.39 is 9.84 Å². The van der Waals surface area contributed by atoms with Crippen molar-refractivity contribution in [3.63, 3.8) is 0 Å². The molecule has 1 heterocycles. The summed E-state index contributed by atoms with van der Waals surface area (Å²) in [5.74, 6) is 0.382. The summed E-state index contributed by atoms with van der Waals surface area (Å²) in [6.45, 7) is 8.71. The molecular weight excluding hydrogens is 252 g/mol. The van der Waals surface area contributed by atoms with Gasteiger partial charge < -0.3 is 5.32 Å². The van der Waals surface area contributed by atoms with Crippen LogP contribution in [0, 0.1) is 0 Å². The van der Waals surface area contributed by atoms with Gasteiger partial charge in [-0.2, -0.15) is 0 Å². The van der Waals surface area contributed by atoms with Crippen molar-refractivity contribution in [1.82, 2.24) is 10.2 Å². The second kappa shape index (κ2) is 5.57. The van der Waals surface area contributed by atoms with Crippen LogP contribution in [0.1, 0.15) is 34.1 Å². The van der Waals surface area contributed by atoms with Crippen LogP contribution >= 0.6 is 0 Å². The molecule has 1 saturated heterocycles. The molecule has 1 amide bonds. The zero-order valence-electron chi connectivity index (χ0n) is 11.7. The minimum absolute atomic E-state index is 0.00859. The zero-order valence-corrected chi connectivity index (χ0v) is 12.5. The summed E-state index contributed by atoms with van der Waals surface area (Å²) in [7, 11) is -2.89. The van der Waals surface area contributed by atoms with Crippen molar-refractivity contribution in [3.05, 3.63) is 0 Å². The molecule has 1 aliphatic rings. The van der Waals surface area contributed by atoms with Crippen LogP contribution in [-0.4, -0.2) is 55.4 Å². The van der Waals surface area contributed by atoms with E-state index in [-0.39, 0.29) is 35.5 Å². The highest BCUT2D eigenvalue weighted by Crippen LogP contribution is 2.17. The minimum atomic E-state index is -2.89. The minimum Gasteiger partial charge on any atom is -0.350 e. The van der Waals surface area contributed by atoms with Crippen LogP contribution in [0.25, 0.3) is 0 Å². The van der Waals surface area contributed by atoms with Crippen molar-refractivity contribution in [3.8, 4) is 0 Å². The summed E-state index contributed by atoms with van der Waals surface area (Å²) in [5.41, 5.74) is -0.252. The van der Waals surface area contributed by atoms with Gasteiger partial charge in [-0.1, -0.05) is 6.92 Å². The Kier molecular flexibility index (Phi) is 4.78. The Balaban J connectivity index is 2.55. The molecule has 5 nitrogen and oxygen atoms in total. The lowest BCUT2D eigenvalue weighted by Crippen LogP contribution is -2.48. The Labute approximate surface area is 110 Å². The van der Waals surface area contributed by atoms with E-state index in [0.717, 1.165) is 0 Å². The highest BCUT2D eigenvalue weighted by atomic mass is 32.2. The van der Waals surface area contributed by atoms with E-state index in [1.165, 1.54) is 0 Å². The summed E-state index contributed by atoms with van der Waals surface area (Å²) >= 11 is 0. The van der Waals surface area contributed by atoms with Gasteiger partial charge in [0.25, 0.3) is 0 Å². The maximum Gasteiger partial charge on any atom is 0.234 e. The van der Waals surface area contributed by atoms with Gasteiger partial charge in [0.05, 0.1) is 18.1 Å². The van der Waals surface area contributed by atoms with E-state index in [1.807, 2.05) is 32.6 Å². The van der Waals surface area contributed by atoms with Gasteiger partial charge >= 0.3 is 0 Å². The van der Waals surface area contributed by atoms with Crippen LogP contribution < -0.4 is 5.32 Å². The first-order valence-electron chi connectivity index (χ1n) is 6.38. The van der Waals surface area contributed by atoms with Crippen molar-refractivity contribution in [2.45, 2.75) is 45.7 Å². The standard InChI is InChI=1S/C12H24N2O3S/c1-5-14(8-11(15)13-12(2,3)4)10-6-7-18(16,17)9-10/h10H,5-9H2,1-4H3,(H,13,15). The van der Waals surface area contributed by atoms with Crippen LogP contribution in [0.4, 0.5) is 0 Å². The molecule has 6 heteroatoms. The predicted octanol–water partition coefficient (Wildman–Crippen LogP) is 0.410. The number of rotatable bonds is 4. The van der Waals surface area contributed by atoms with E-state index in [1.54, 1.807) is 0 Å². The van der Waals surface area contributed by atoms with Crippen LogP contribution in [0.15, 0.2) is 0 Å². The van der Waals surface area contributed by atoms with Gasteiger partial charge in [-0.05, 0) is 33.7 Å². The van der Waals surface area contributed by atoms with Gasteiger partial charge in [-0.3, -0.25) is 9.69 Å². The second-order valence-corrected chi connectivity index (χ2v) is 8.15. The van der Waals surface area contributed by atoms with E-state index in [0.29, 0.717) is 13.0 Å². The van der Waals surface area contributed by atoms with E-state index in [4.69, 9.17) is 0 Å². The average molecular weight is 276 g/mol. The molecule has 106 valence electrons. The number of carbonyl (C=O) groups excluding carboxylic acids is 1. The fourth-order valence-corrected chi connectivity index (χ4v) is 3.97. The van der Waals surface area contributed by atoms with Crippen LogP contribution in [0.5, 0.6) is 0 Å². The Bertz CT molecular complexity index is 398. The Morgan fingerprint density at radius 2 is 2.00 bits per heavy atom. The Morgan fingerprint density at radius 3 is 2.39 bits per heavy atom. The third-order valence-corrected chi connectivity index (χ3v) is 4.74. The molecule has 0 radical (unpaired) electrons. The number of sulfone groups is 1. The molecule has 0 aromatic heterocycles. The smallest absolute Gasteiger partial charge is 0.234 e. The SMILES string of the molecule is CCN(CC(=O)NC(C)(C)C)C1CCS(=O)(=O)C1. The Hall–Kier alpha value is -0.620. The number of likely N-dealkylation sites (N-methyl/N-ethyl adjacent to an activating group) is 1. The fourth-order valence-electron chi connectivity index (χ4n) is 2.20. The summed E-state index contributed by atoms with van der Waals surface area (Å²) in [5, 5.41) is 2.90. The van der Waals surface area contributed by atoms with Crippen molar-refractivity contribution in [2.24, 2.45) is 0 Å². The van der Waals surface area contributed by atoms with Crippen molar-refractivity contribution >= 4 is 15.7 Å². The first kappa shape index (κ1) is 15.4. The normalized spacial score (nSPS) is 23.3. The first-order chi connectivity index (χ1) is 8.13. The summed E-state index contributed by atoms with van der Waals surface area (Å²) in [6.07, 6.45) is 0.638. The summed E-state index contributed by atoms with van der Waals surface area (Å²) < 4.78 is 22.9. The second-order valence-electron chi connectivity index (χ2n) is 5.92. The van der Waals surface area contributed by atoms with Gasteiger partial charge in [0, 0.05) is 11.6 Å². The number of nitrogens with zero attached hydrogens (tertiary/aromatic N) is 1. The van der Waals surface area contributed by atoms with Crippen LogP contribution in [-0.2, 0) is 14.6 Å². The molecule has 0 aromatic carbocycles. The number of hydrogen-bond acceptors (Lipinski definition) is 4. The molecule has 1 N–H and O–H groups in total. The van der Waals surface area contributed by atoms with Gasteiger partial charge in [-0.25, -0.2) is 8.42 Å². The van der Waals surface area contributed by atoms with Crippen molar-refractivity contribution in [1.29, 1.82) is 0 Å². The van der Waals surface area contributed by atoms with Crippen molar-refractivity contribution in [2.75, 3.05) is 24.6 Å². The number of nitrogens with one attached hydrogen (secondary N) is 1. The topological polar surface area (TPSA) is 66.5 Å². The molecule has 0 aliphatic carbocycles. The largest absolute Gasteiger partial charge is 0.350 e. The molecule has 1 rings (SSSR count). The molecule has 1 fully saturated rings. The molecule has 1 unspecified atom stereocenters. The Morgan fingerprint density at radius 1 is 1.39 bits per heavy atom. The molecule has 0 aromatic rings. The highest BCUT2D eigenvalue weighted by molar-refractivity contribution is 7.91. The monoisotopic (exact) mass is 276 g/mol. The zero-order chi connectivity index (χ0) is 14.0. The predicted molar refractivity (Wildman–Crippen MR) is 72.2 cm³/mol. The maximum absolute atomic E-state index is 11.8. The van der Waals surface area contributed by atoms with Gasteiger partial charge in [-0.15, -0.1) is 0 Å². The molecule has 1 aliphatic heterocycles. The molecule has 1 atom stereocenters. The van der Waals surface area contributed by atoms with Crippen LogP contribution in [0.3, 0.4) is 0 Å². The van der Waals surface area contributed by atoms with Gasteiger partial charge in [0.1, 0.15) is 0 Å². The third kappa shape index (κ3) is 4.94. The van der Waals surface area contributed by atoms with E-state index in [9.17, 15) is 13.2 Å². The third-order valence-electron chi connectivity index (χ3n) is 2.99. The van der Waals surface area contributed by atoms with E-state index >= 15 is 0 Å². The average Bonchev–Trinajstić information content (AvgIpc) is 2.52. The summed E-state index contributed by atoms with van der Waals surface area (Å²) in [6, 6.07) is -0.00859. The lowest BCUT2D eigenvalue weighted by atomic mass is 10.1. The van der Waals surface area contributed by atoms with E-state index in [2.05, 4.69) is 5.32 Å². The quantitative estimate of drug-likeness (QED) is 0.807. The molecule has 0 bridgehead atoms. The lowest BCUT2D eigenvalue weighted by molar-refractivity contribution is -0.124. The van der Waals surface area contributed by atoms with Gasteiger partial charge in [0.15, 0.2) is 9.84 Å². The number of amides is 1. The molecule has 0 spiro atoms. The first-order valence-corrected chi connectivity index (χ1v) is 8.20. The summed E-state index contributed by atoms with van der Waals surface area (Å²) in [4.78, 5) is 13.8. The highest BCUT2D eigenvalue weighted by Gasteiger charge is 2.32.